The van der Waals surface area contributed by atoms with Gasteiger partial charge in [-0.2, -0.15) is 0 Å². The Balaban J connectivity index is 2.16. The highest BCUT2D eigenvalue weighted by Gasteiger charge is 2.29. The minimum absolute atomic E-state index is 0.138. The first kappa shape index (κ1) is 14.7. The standard InChI is InChI=1S/C15H22N2O3/c1-10-7-11(8-12(13(10)16)14(18)19-3)17-9-15(2)5-4-6-20-15/h7-8,17H,4-6,9,16H2,1-3H3. The number of hydrogen-bond acceptors (Lipinski definition) is 5. The molecule has 1 unspecified atom stereocenters. The predicted octanol–water partition coefficient (Wildman–Crippen LogP) is 2.34. The maximum Gasteiger partial charge on any atom is 0.340 e. The fraction of sp³-hybridized carbons (Fsp3) is 0.533. The maximum absolute atomic E-state index is 11.7. The van der Waals surface area contributed by atoms with Crippen LogP contribution in [-0.2, 0) is 9.47 Å². The van der Waals surface area contributed by atoms with Crippen LogP contribution in [0.15, 0.2) is 12.1 Å². The van der Waals surface area contributed by atoms with Gasteiger partial charge in [-0.25, -0.2) is 4.79 Å². The molecule has 0 saturated carbocycles. The molecule has 0 aromatic heterocycles. The Kier molecular flexibility index (Phi) is 4.18. The highest BCUT2D eigenvalue weighted by Crippen LogP contribution is 2.27. The molecule has 0 aliphatic carbocycles. The van der Waals surface area contributed by atoms with Crippen LogP contribution in [0.4, 0.5) is 11.4 Å². The van der Waals surface area contributed by atoms with Crippen molar-refractivity contribution >= 4 is 17.3 Å². The molecule has 1 aliphatic heterocycles. The maximum atomic E-state index is 11.7. The van der Waals surface area contributed by atoms with E-state index in [4.69, 9.17) is 15.2 Å². The van der Waals surface area contributed by atoms with E-state index < -0.39 is 5.97 Å². The lowest BCUT2D eigenvalue weighted by molar-refractivity contribution is 0.0315. The summed E-state index contributed by atoms with van der Waals surface area (Å²) in [6, 6.07) is 3.66. The number of carbonyl (C=O) groups excluding carboxylic acids is 1. The number of nitrogen functional groups attached to an aromatic ring is 1. The zero-order chi connectivity index (χ0) is 14.8. The first-order valence-electron chi connectivity index (χ1n) is 6.81. The number of hydrogen-bond donors (Lipinski definition) is 2. The number of nitrogens with two attached hydrogens (primary N) is 1. The molecule has 1 aromatic rings. The molecular weight excluding hydrogens is 256 g/mol. The van der Waals surface area contributed by atoms with Gasteiger partial charge in [0, 0.05) is 24.5 Å². The van der Waals surface area contributed by atoms with Crippen molar-refractivity contribution < 1.29 is 14.3 Å². The summed E-state index contributed by atoms with van der Waals surface area (Å²) in [5.41, 5.74) is 8.35. The number of benzene rings is 1. The second-order valence-electron chi connectivity index (χ2n) is 5.50. The zero-order valence-corrected chi connectivity index (χ0v) is 12.3. The Morgan fingerprint density at radius 1 is 1.55 bits per heavy atom. The minimum atomic E-state index is -0.419. The van der Waals surface area contributed by atoms with Gasteiger partial charge < -0.3 is 20.5 Å². The average molecular weight is 278 g/mol. The summed E-state index contributed by atoms with van der Waals surface area (Å²) in [7, 11) is 1.35. The zero-order valence-electron chi connectivity index (χ0n) is 12.3. The van der Waals surface area contributed by atoms with Crippen LogP contribution in [0.1, 0.15) is 35.7 Å². The van der Waals surface area contributed by atoms with Crippen LogP contribution in [0.25, 0.3) is 0 Å². The van der Waals surface area contributed by atoms with Gasteiger partial charge in [-0.05, 0) is 44.4 Å². The number of nitrogens with one attached hydrogen (secondary N) is 1. The third-order valence-corrected chi connectivity index (χ3v) is 3.76. The number of aryl methyl sites for hydroxylation is 1. The fourth-order valence-corrected chi connectivity index (χ4v) is 2.44. The highest BCUT2D eigenvalue weighted by molar-refractivity contribution is 5.97. The van der Waals surface area contributed by atoms with Crippen molar-refractivity contribution in [2.75, 3.05) is 31.3 Å². The van der Waals surface area contributed by atoms with E-state index in [1.807, 2.05) is 13.0 Å². The lowest BCUT2D eigenvalue weighted by Gasteiger charge is -2.24. The van der Waals surface area contributed by atoms with E-state index in [0.29, 0.717) is 17.8 Å². The Bertz CT molecular complexity index is 508. The second-order valence-corrected chi connectivity index (χ2v) is 5.50. The summed E-state index contributed by atoms with van der Waals surface area (Å²) in [5.74, 6) is -0.419. The van der Waals surface area contributed by atoms with Crippen molar-refractivity contribution in [1.29, 1.82) is 0 Å². The summed E-state index contributed by atoms with van der Waals surface area (Å²) in [6.07, 6.45) is 2.13. The van der Waals surface area contributed by atoms with E-state index in [1.54, 1.807) is 6.07 Å². The van der Waals surface area contributed by atoms with Gasteiger partial charge in [0.2, 0.25) is 0 Å². The van der Waals surface area contributed by atoms with Gasteiger partial charge in [-0.1, -0.05) is 0 Å². The first-order chi connectivity index (χ1) is 9.45. The quantitative estimate of drug-likeness (QED) is 0.653. The molecule has 5 nitrogen and oxygen atoms in total. The Morgan fingerprint density at radius 2 is 2.30 bits per heavy atom. The molecule has 2 rings (SSSR count). The summed E-state index contributed by atoms with van der Waals surface area (Å²) in [5, 5.41) is 3.33. The molecule has 5 heteroatoms. The minimum Gasteiger partial charge on any atom is -0.465 e. The molecule has 3 N–H and O–H groups in total. The molecule has 0 radical (unpaired) electrons. The van der Waals surface area contributed by atoms with Crippen molar-refractivity contribution in [2.45, 2.75) is 32.3 Å². The van der Waals surface area contributed by atoms with E-state index in [0.717, 1.165) is 30.7 Å². The monoisotopic (exact) mass is 278 g/mol. The molecule has 1 aliphatic rings. The number of anilines is 2. The topological polar surface area (TPSA) is 73.6 Å². The smallest absolute Gasteiger partial charge is 0.340 e. The fourth-order valence-electron chi connectivity index (χ4n) is 2.44. The van der Waals surface area contributed by atoms with Gasteiger partial charge in [-0.3, -0.25) is 0 Å². The number of rotatable bonds is 4. The number of carbonyl (C=O) groups is 1. The SMILES string of the molecule is COC(=O)c1cc(NCC2(C)CCCO2)cc(C)c1N. The number of ether oxygens (including phenoxy) is 2. The lowest BCUT2D eigenvalue weighted by Crippen LogP contribution is -2.32. The van der Waals surface area contributed by atoms with Crippen LogP contribution in [0.2, 0.25) is 0 Å². The Hall–Kier alpha value is -1.75. The van der Waals surface area contributed by atoms with Crippen LogP contribution in [0.3, 0.4) is 0 Å². The normalized spacial score (nSPS) is 21.8. The van der Waals surface area contributed by atoms with E-state index in [1.165, 1.54) is 7.11 Å². The summed E-state index contributed by atoms with van der Waals surface area (Å²) in [4.78, 5) is 11.7. The molecule has 0 spiro atoms. The third-order valence-electron chi connectivity index (χ3n) is 3.76. The summed E-state index contributed by atoms with van der Waals surface area (Å²) in [6.45, 7) is 5.49. The number of methoxy groups -OCH3 is 1. The van der Waals surface area contributed by atoms with Gasteiger partial charge >= 0.3 is 5.97 Å². The largest absolute Gasteiger partial charge is 0.465 e. The van der Waals surface area contributed by atoms with Crippen molar-refractivity contribution in [3.05, 3.63) is 23.3 Å². The Morgan fingerprint density at radius 3 is 2.90 bits per heavy atom. The van der Waals surface area contributed by atoms with Crippen molar-refractivity contribution in [3.8, 4) is 0 Å². The van der Waals surface area contributed by atoms with E-state index in [9.17, 15) is 4.79 Å². The summed E-state index contributed by atoms with van der Waals surface area (Å²) < 4.78 is 10.5. The average Bonchev–Trinajstić information content (AvgIpc) is 2.86. The second kappa shape index (κ2) is 5.71. The van der Waals surface area contributed by atoms with Crippen molar-refractivity contribution in [3.63, 3.8) is 0 Å². The molecule has 0 bridgehead atoms. The highest BCUT2D eigenvalue weighted by atomic mass is 16.5. The van der Waals surface area contributed by atoms with Gasteiger partial charge in [0.25, 0.3) is 0 Å². The third kappa shape index (κ3) is 3.04. The van der Waals surface area contributed by atoms with Gasteiger partial charge in [0.1, 0.15) is 0 Å². The summed E-state index contributed by atoms with van der Waals surface area (Å²) >= 11 is 0. The van der Waals surface area contributed by atoms with Crippen LogP contribution < -0.4 is 11.1 Å². The Labute approximate surface area is 119 Å². The molecule has 20 heavy (non-hydrogen) atoms. The lowest BCUT2D eigenvalue weighted by atomic mass is 10.0. The van der Waals surface area contributed by atoms with Crippen LogP contribution in [0, 0.1) is 6.92 Å². The molecule has 1 heterocycles. The van der Waals surface area contributed by atoms with Gasteiger partial charge in [0.05, 0.1) is 18.3 Å². The number of esters is 1. The molecule has 1 aromatic carbocycles. The first-order valence-corrected chi connectivity index (χ1v) is 6.81. The molecule has 1 saturated heterocycles. The molecule has 110 valence electrons. The van der Waals surface area contributed by atoms with Crippen molar-refractivity contribution in [1.82, 2.24) is 0 Å². The molecule has 1 fully saturated rings. The van der Waals surface area contributed by atoms with Crippen LogP contribution in [-0.4, -0.2) is 31.8 Å². The molecule has 1 atom stereocenters. The van der Waals surface area contributed by atoms with Crippen LogP contribution in [0.5, 0.6) is 0 Å². The van der Waals surface area contributed by atoms with Gasteiger partial charge in [0.15, 0.2) is 0 Å². The van der Waals surface area contributed by atoms with E-state index in [-0.39, 0.29) is 5.60 Å². The van der Waals surface area contributed by atoms with E-state index >= 15 is 0 Å². The molecule has 0 amide bonds. The predicted molar refractivity (Wildman–Crippen MR) is 79.0 cm³/mol. The van der Waals surface area contributed by atoms with Crippen LogP contribution >= 0.6 is 0 Å². The van der Waals surface area contributed by atoms with Gasteiger partial charge in [-0.15, -0.1) is 0 Å². The van der Waals surface area contributed by atoms with E-state index in [2.05, 4.69) is 12.2 Å². The molecular formula is C15H22N2O3. The van der Waals surface area contributed by atoms with Crippen molar-refractivity contribution in [2.24, 2.45) is 0 Å².